The highest BCUT2D eigenvalue weighted by molar-refractivity contribution is 7.98. The van der Waals surface area contributed by atoms with Crippen LogP contribution < -0.4 is 0 Å². The molecule has 0 aliphatic rings. The number of benzene rings is 2. The van der Waals surface area contributed by atoms with Gasteiger partial charge in [0.05, 0.1) is 6.42 Å². The van der Waals surface area contributed by atoms with Crippen molar-refractivity contribution in [2.24, 2.45) is 0 Å². The van der Waals surface area contributed by atoms with Gasteiger partial charge in [0.15, 0.2) is 0 Å². The van der Waals surface area contributed by atoms with Crippen molar-refractivity contribution in [2.45, 2.75) is 17.1 Å². The number of hydrogen-bond donors (Lipinski definition) is 0. The normalized spacial score (nSPS) is 10.2. The lowest BCUT2D eigenvalue weighted by Gasteiger charge is -2.05. The van der Waals surface area contributed by atoms with Crippen molar-refractivity contribution in [3.63, 3.8) is 0 Å². The predicted molar refractivity (Wildman–Crippen MR) is 77.6 cm³/mol. The van der Waals surface area contributed by atoms with Crippen LogP contribution in [0.15, 0.2) is 59.5 Å². The Balaban J connectivity index is 1.97. The predicted octanol–water partition coefficient (Wildman–Crippen LogP) is 3.86. The molecule has 2 rings (SSSR count). The lowest BCUT2D eigenvalue weighted by molar-refractivity contribution is -0.137. The second-order valence-corrected chi connectivity index (χ2v) is 5.16. The van der Waals surface area contributed by atoms with Crippen molar-refractivity contribution in [1.82, 2.24) is 0 Å². The van der Waals surface area contributed by atoms with Crippen LogP contribution >= 0.6 is 11.8 Å². The Hall–Kier alpha value is -1.74. The highest BCUT2D eigenvalue weighted by atomic mass is 32.2. The third-order valence-corrected chi connectivity index (χ3v) is 3.72. The molecule has 19 heavy (non-hydrogen) atoms. The van der Waals surface area contributed by atoms with E-state index in [1.54, 1.807) is 11.8 Å². The van der Waals surface area contributed by atoms with E-state index in [-0.39, 0.29) is 12.4 Å². The molecule has 0 atom stereocenters. The highest BCUT2D eigenvalue weighted by Gasteiger charge is 2.04. The standard InChI is InChI=1S/C16H15O2S/c1-18-16(17)11-14-8-5-9-15(10-14)19-12-13-6-3-2-4-7-13/h2-10H,1,11-12H2. The van der Waals surface area contributed by atoms with E-state index in [0.29, 0.717) is 0 Å². The molecule has 0 aromatic heterocycles. The molecule has 0 heterocycles. The second kappa shape index (κ2) is 7.00. The Bertz CT molecular complexity index is 537. The summed E-state index contributed by atoms with van der Waals surface area (Å²) in [6.07, 6.45) is 0.267. The van der Waals surface area contributed by atoms with Crippen molar-refractivity contribution in [1.29, 1.82) is 0 Å². The van der Waals surface area contributed by atoms with Gasteiger partial charge in [-0.1, -0.05) is 42.5 Å². The SMILES string of the molecule is [CH2]OC(=O)Cc1cccc(SCc2ccccc2)c1. The van der Waals surface area contributed by atoms with E-state index >= 15 is 0 Å². The summed E-state index contributed by atoms with van der Waals surface area (Å²) in [4.78, 5) is 12.3. The third-order valence-electron chi connectivity index (χ3n) is 2.66. The Morgan fingerprint density at radius 1 is 1.05 bits per heavy atom. The number of hydrogen-bond acceptors (Lipinski definition) is 3. The summed E-state index contributed by atoms with van der Waals surface area (Å²) in [5, 5.41) is 0. The number of ether oxygens (including phenoxy) is 1. The smallest absolute Gasteiger partial charge is 0.310 e. The summed E-state index contributed by atoms with van der Waals surface area (Å²) in [6, 6.07) is 18.2. The number of thioether (sulfide) groups is 1. The molecule has 3 heteroatoms. The molecule has 0 amide bonds. The van der Waals surface area contributed by atoms with Crippen LogP contribution in [0.1, 0.15) is 11.1 Å². The van der Waals surface area contributed by atoms with Crippen LogP contribution in [0, 0.1) is 7.11 Å². The van der Waals surface area contributed by atoms with Gasteiger partial charge < -0.3 is 4.74 Å². The summed E-state index contributed by atoms with van der Waals surface area (Å²) in [5.74, 6) is 0.606. The molecule has 2 aromatic rings. The molecule has 0 saturated carbocycles. The van der Waals surface area contributed by atoms with Crippen LogP contribution in [-0.4, -0.2) is 5.97 Å². The molecule has 0 saturated heterocycles. The number of carbonyl (C=O) groups is 1. The van der Waals surface area contributed by atoms with Gasteiger partial charge in [0.1, 0.15) is 7.11 Å². The molecule has 0 N–H and O–H groups in total. The second-order valence-electron chi connectivity index (χ2n) is 4.11. The molecule has 0 aliphatic heterocycles. The highest BCUT2D eigenvalue weighted by Crippen LogP contribution is 2.23. The molecule has 1 radical (unpaired) electrons. The van der Waals surface area contributed by atoms with Crippen LogP contribution in [0.5, 0.6) is 0 Å². The maximum Gasteiger partial charge on any atom is 0.310 e. The van der Waals surface area contributed by atoms with E-state index < -0.39 is 0 Å². The third kappa shape index (κ3) is 4.45. The number of esters is 1. The summed E-state index contributed by atoms with van der Waals surface area (Å²) >= 11 is 1.75. The molecule has 0 spiro atoms. The lowest BCUT2D eigenvalue weighted by atomic mass is 10.1. The summed E-state index contributed by atoms with van der Waals surface area (Å²) < 4.78 is 4.43. The molecule has 0 fully saturated rings. The Kier molecular flexibility index (Phi) is 5.04. The first-order chi connectivity index (χ1) is 9.28. The number of rotatable bonds is 5. The van der Waals surface area contributed by atoms with E-state index in [1.165, 1.54) is 5.56 Å². The van der Waals surface area contributed by atoms with Gasteiger partial charge in [-0.2, -0.15) is 0 Å². The van der Waals surface area contributed by atoms with E-state index in [9.17, 15) is 4.79 Å². The van der Waals surface area contributed by atoms with Gasteiger partial charge in [-0.15, -0.1) is 11.8 Å². The van der Waals surface area contributed by atoms with E-state index in [4.69, 9.17) is 0 Å². The van der Waals surface area contributed by atoms with Gasteiger partial charge in [0, 0.05) is 10.6 Å². The van der Waals surface area contributed by atoms with Crippen LogP contribution in [0.4, 0.5) is 0 Å². The van der Waals surface area contributed by atoms with Crippen molar-refractivity contribution in [2.75, 3.05) is 0 Å². The van der Waals surface area contributed by atoms with E-state index in [1.807, 2.05) is 42.5 Å². The Morgan fingerprint density at radius 3 is 2.53 bits per heavy atom. The van der Waals surface area contributed by atoms with E-state index in [0.717, 1.165) is 16.2 Å². The minimum Gasteiger partial charge on any atom is -0.462 e. The summed E-state index contributed by atoms with van der Waals surface area (Å²) in [5.41, 5.74) is 2.24. The van der Waals surface area contributed by atoms with Crippen molar-refractivity contribution < 1.29 is 9.53 Å². The Labute approximate surface area is 117 Å². The maximum absolute atomic E-state index is 11.2. The quantitative estimate of drug-likeness (QED) is 0.610. The largest absolute Gasteiger partial charge is 0.462 e. The first-order valence-electron chi connectivity index (χ1n) is 5.98. The maximum atomic E-state index is 11.2. The topological polar surface area (TPSA) is 26.3 Å². The van der Waals surface area contributed by atoms with Gasteiger partial charge >= 0.3 is 5.97 Å². The fourth-order valence-electron chi connectivity index (χ4n) is 1.70. The van der Waals surface area contributed by atoms with Crippen LogP contribution in [0.2, 0.25) is 0 Å². The van der Waals surface area contributed by atoms with Crippen molar-refractivity contribution in [3.8, 4) is 0 Å². The summed E-state index contributed by atoms with van der Waals surface area (Å²) in [6.45, 7) is 0. The van der Waals surface area contributed by atoms with Gasteiger partial charge in [0.25, 0.3) is 0 Å². The molecule has 0 unspecified atom stereocenters. The zero-order valence-electron chi connectivity index (χ0n) is 10.5. The average molecular weight is 271 g/mol. The lowest BCUT2D eigenvalue weighted by Crippen LogP contribution is -2.02. The fourth-order valence-corrected chi connectivity index (χ4v) is 2.64. The van der Waals surface area contributed by atoms with Gasteiger partial charge in [-0.05, 0) is 23.3 Å². The minimum atomic E-state index is -0.315. The van der Waals surface area contributed by atoms with Crippen LogP contribution in [-0.2, 0) is 21.7 Å². The van der Waals surface area contributed by atoms with E-state index in [2.05, 4.69) is 24.0 Å². The zero-order valence-corrected chi connectivity index (χ0v) is 11.4. The molecule has 97 valence electrons. The molecular formula is C16H15O2S. The first kappa shape index (κ1) is 13.7. The van der Waals surface area contributed by atoms with Crippen molar-refractivity contribution in [3.05, 3.63) is 72.8 Å². The van der Waals surface area contributed by atoms with Crippen molar-refractivity contribution >= 4 is 17.7 Å². The van der Waals surface area contributed by atoms with Gasteiger partial charge in [-0.25, -0.2) is 0 Å². The molecule has 2 nitrogen and oxygen atoms in total. The van der Waals surface area contributed by atoms with Crippen LogP contribution in [0.3, 0.4) is 0 Å². The summed E-state index contributed by atoms with van der Waals surface area (Å²) in [7, 11) is 3.13. The monoisotopic (exact) mass is 271 g/mol. The van der Waals surface area contributed by atoms with Gasteiger partial charge in [-0.3, -0.25) is 4.79 Å². The number of carbonyl (C=O) groups excluding carboxylic acids is 1. The van der Waals surface area contributed by atoms with Gasteiger partial charge in [0.2, 0.25) is 0 Å². The zero-order chi connectivity index (χ0) is 13.5. The Morgan fingerprint density at radius 2 is 1.79 bits per heavy atom. The molecule has 0 aliphatic carbocycles. The minimum absolute atomic E-state index is 0.267. The first-order valence-corrected chi connectivity index (χ1v) is 6.97. The van der Waals surface area contributed by atoms with Crippen LogP contribution in [0.25, 0.3) is 0 Å². The molecule has 0 bridgehead atoms. The molecule has 2 aromatic carbocycles. The molecular weight excluding hydrogens is 256 g/mol. The fraction of sp³-hybridized carbons (Fsp3) is 0.125. The average Bonchev–Trinajstić information content (AvgIpc) is 2.46.